The number of amides is 1. The molecule has 1 aromatic heterocycles. The average molecular weight is 318 g/mol. The minimum Gasteiger partial charge on any atom is -0.476 e. The van der Waals surface area contributed by atoms with E-state index < -0.39 is 24.5 Å². The monoisotopic (exact) mass is 318 g/mol. The largest absolute Gasteiger partial charge is 0.476 e. The maximum absolute atomic E-state index is 12.2. The van der Waals surface area contributed by atoms with E-state index in [0.717, 1.165) is 4.90 Å². The molecule has 1 saturated heterocycles. The second-order valence-corrected chi connectivity index (χ2v) is 4.74. The molecule has 7 nitrogen and oxygen atoms in total. The van der Waals surface area contributed by atoms with E-state index in [4.69, 9.17) is 5.11 Å². The summed E-state index contributed by atoms with van der Waals surface area (Å²) in [5, 5.41) is 16.0. The van der Waals surface area contributed by atoms with Crippen LogP contribution in [0, 0.1) is 0 Å². The molecule has 0 unspecified atom stereocenters. The topological polar surface area (TPSA) is 86.6 Å². The summed E-state index contributed by atoms with van der Waals surface area (Å²) in [5.74, 6) is -1.71. The highest BCUT2D eigenvalue weighted by Gasteiger charge is 2.34. The number of alkyl halides is 3. The van der Waals surface area contributed by atoms with Crippen LogP contribution in [0.2, 0.25) is 0 Å². The summed E-state index contributed by atoms with van der Waals surface area (Å²) in [6, 6.07) is 2.77. The number of carboxylic acids is 1. The smallest absolute Gasteiger partial charge is 0.397 e. The van der Waals surface area contributed by atoms with Crippen LogP contribution in [0.4, 0.5) is 19.0 Å². The number of piperazine rings is 1. The molecular formula is C12H13F3N4O3. The van der Waals surface area contributed by atoms with Crippen LogP contribution in [-0.4, -0.2) is 64.4 Å². The molecule has 0 saturated carbocycles. The van der Waals surface area contributed by atoms with Crippen LogP contribution >= 0.6 is 0 Å². The van der Waals surface area contributed by atoms with Gasteiger partial charge in [0.15, 0.2) is 11.5 Å². The number of nitrogens with zero attached hydrogens (tertiary/aromatic N) is 4. The molecule has 2 heterocycles. The lowest BCUT2D eigenvalue weighted by molar-refractivity contribution is -0.161. The molecular weight excluding hydrogens is 305 g/mol. The SMILES string of the molecule is O=C(O)c1ccc(N2CCN(C(=O)CC(F)(F)F)CC2)nn1. The molecule has 1 fully saturated rings. The van der Waals surface area contributed by atoms with Gasteiger partial charge in [-0.1, -0.05) is 0 Å². The Labute approximate surface area is 123 Å². The van der Waals surface area contributed by atoms with Gasteiger partial charge in [0.25, 0.3) is 0 Å². The lowest BCUT2D eigenvalue weighted by Gasteiger charge is -2.35. The van der Waals surface area contributed by atoms with Crippen LogP contribution in [0.1, 0.15) is 16.9 Å². The Bertz CT molecular complexity index is 554. The predicted octanol–water partition coefficient (Wildman–Crippen LogP) is 0.776. The van der Waals surface area contributed by atoms with Gasteiger partial charge in [0, 0.05) is 26.2 Å². The van der Waals surface area contributed by atoms with Gasteiger partial charge in [-0.2, -0.15) is 13.2 Å². The molecule has 22 heavy (non-hydrogen) atoms. The zero-order valence-electron chi connectivity index (χ0n) is 11.4. The Morgan fingerprint density at radius 1 is 1.14 bits per heavy atom. The molecule has 120 valence electrons. The Hall–Kier alpha value is -2.39. The number of carbonyl (C=O) groups is 2. The van der Waals surface area contributed by atoms with Gasteiger partial charge in [-0.05, 0) is 12.1 Å². The van der Waals surface area contributed by atoms with Crippen molar-refractivity contribution in [1.29, 1.82) is 0 Å². The van der Waals surface area contributed by atoms with Crippen molar-refractivity contribution < 1.29 is 27.9 Å². The van der Waals surface area contributed by atoms with E-state index >= 15 is 0 Å². The quantitative estimate of drug-likeness (QED) is 0.886. The number of anilines is 1. The standard InChI is InChI=1S/C12H13F3N4O3/c13-12(14,15)7-10(20)19-5-3-18(4-6-19)9-2-1-8(11(21)22)16-17-9/h1-2H,3-7H2,(H,21,22). The highest BCUT2D eigenvalue weighted by atomic mass is 19.4. The lowest BCUT2D eigenvalue weighted by atomic mass is 10.2. The number of halogens is 3. The van der Waals surface area contributed by atoms with Crippen LogP contribution in [0.25, 0.3) is 0 Å². The maximum Gasteiger partial charge on any atom is 0.397 e. The highest BCUT2D eigenvalue weighted by molar-refractivity contribution is 5.85. The molecule has 2 rings (SSSR count). The van der Waals surface area contributed by atoms with Crippen LogP contribution < -0.4 is 4.90 Å². The van der Waals surface area contributed by atoms with E-state index in [2.05, 4.69) is 10.2 Å². The Morgan fingerprint density at radius 2 is 1.77 bits per heavy atom. The van der Waals surface area contributed by atoms with Gasteiger partial charge in [0.05, 0.1) is 0 Å². The number of carboxylic acid groups (broad SMARTS) is 1. The molecule has 1 aromatic rings. The first-order chi connectivity index (χ1) is 10.3. The molecule has 1 N–H and O–H groups in total. The fraction of sp³-hybridized carbons (Fsp3) is 0.500. The second kappa shape index (κ2) is 6.16. The molecule has 1 aliphatic rings. The summed E-state index contributed by atoms with van der Waals surface area (Å²) in [6.45, 7) is 0.921. The first kappa shape index (κ1) is 16.0. The van der Waals surface area contributed by atoms with Gasteiger partial charge in [0.1, 0.15) is 6.42 Å². The van der Waals surface area contributed by atoms with Gasteiger partial charge < -0.3 is 14.9 Å². The van der Waals surface area contributed by atoms with Crippen molar-refractivity contribution in [3.05, 3.63) is 17.8 Å². The maximum atomic E-state index is 12.2. The molecule has 0 spiro atoms. The number of carbonyl (C=O) groups excluding carboxylic acids is 1. The summed E-state index contributed by atoms with van der Waals surface area (Å²) in [6.07, 6.45) is -5.97. The molecule has 0 aromatic carbocycles. The van der Waals surface area contributed by atoms with Crippen molar-refractivity contribution in [2.45, 2.75) is 12.6 Å². The summed E-state index contributed by atoms with van der Waals surface area (Å²) in [5.41, 5.74) is -0.192. The minimum absolute atomic E-state index is 0.150. The third-order valence-corrected chi connectivity index (χ3v) is 3.18. The van der Waals surface area contributed by atoms with Gasteiger partial charge in [-0.25, -0.2) is 4.79 Å². The van der Waals surface area contributed by atoms with Crippen LogP contribution in [0.5, 0.6) is 0 Å². The molecule has 1 aliphatic heterocycles. The summed E-state index contributed by atoms with van der Waals surface area (Å²) < 4.78 is 36.5. The fourth-order valence-corrected chi connectivity index (χ4v) is 2.08. The number of aromatic carboxylic acids is 1. The number of hydrogen-bond acceptors (Lipinski definition) is 5. The van der Waals surface area contributed by atoms with Crippen molar-refractivity contribution >= 4 is 17.7 Å². The van der Waals surface area contributed by atoms with Crippen molar-refractivity contribution in [1.82, 2.24) is 15.1 Å². The third kappa shape index (κ3) is 4.06. The van der Waals surface area contributed by atoms with E-state index in [9.17, 15) is 22.8 Å². The van der Waals surface area contributed by atoms with Crippen molar-refractivity contribution in [2.24, 2.45) is 0 Å². The minimum atomic E-state index is -4.51. The van der Waals surface area contributed by atoms with Crippen molar-refractivity contribution in [3.63, 3.8) is 0 Å². The molecule has 0 atom stereocenters. The third-order valence-electron chi connectivity index (χ3n) is 3.18. The van der Waals surface area contributed by atoms with Crippen molar-refractivity contribution in [2.75, 3.05) is 31.1 Å². The van der Waals surface area contributed by atoms with Gasteiger partial charge in [0.2, 0.25) is 5.91 Å². The van der Waals surface area contributed by atoms with E-state index in [1.165, 1.54) is 12.1 Å². The van der Waals surface area contributed by atoms with Crippen molar-refractivity contribution in [3.8, 4) is 0 Å². The fourth-order valence-electron chi connectivity index (χ4n) is 2.08. The van der Waals surface area contributed by atoms with E-state index in [0.29, 0.717) is 18.9 Å². The molecule has 0 radical (unpaired) electrons. The lowest BCUT2D eigenvalue weighted by Crippen LogP contribution is -2.49. The summed E-state index contributed by atoms with van der Waals surface area (Å²) in [7, 11) is 0. The second-order valence-electron chi connectivity index (χ2n) is 4.74. The number of hydrogen-bond donors (Lipinski definition) is 1. The van der Waals surface area contributed by atoms with Crippen LogP contribution in [0.3, 0.4) is 0 Å². The van der Waals surface area contributed by atoms with E-state index in [1.54, 1.807) is 4.90 Å². The number of aromatic nitrogens is 2. The normalized spacial score (nSPS) is 15.8. The first-order valence-corrected chi connectivity index (χ1v) is 6.43. The zero-order valence-corrected chi connectivity index (χ0v) is 11.4. The Balaban J connectivity index is 1.91. The van der Waals surface area contributed by atoms with Crippen LogP contribution in [0.15, 0.2) is 12.1 Å². The van der Waals surface area contributed by atoms with E-state index in [-0.39, 0.29) is 18.8 Å². The van der Waals surface area contributed by atoms with Gasteiger partial charge in [-0.3, -0.25) is 4.79 Å². The molecule has 0 bridgehead atoms. The molecule has 1 amide bonds. The highest BCUT2D eigenvalue weighted by Crippen LogP contribution is 2.21. The average Bonchev–Trinajstić information content (AvgIpc) is 2.46. The number of rotatable bonds is 3. The first-order valence-electron chi connectivity index (χ1n) is 6.43. The zero-order chi connectivity index (χ0) is 16.3. The molecule has 0 aliphatic carbocycles. The van der Waals surface area contributed by atoms with Gasteiger partial charge in [-0.15, -0.1) is 10.2 Å². The Kier molecular flexibility index (Phi) is 4.48. The van der Waals surface area contributed by atoms with Gasteiger partial charge >= 0.3 is 12.1 Å². The molecule has 10 heteroatoms. The summed E-state index contributed by atoms with van der Waals surface area (Å²) >= 11 is 0. The van der Waals surface area contributed by atoms with E-state index in [1.807, 2.05) is 0 Å². The summed E-state index contributed by atoms with van der Waals surface area (Å²) in [4.78, 5) is 25.0. The predicted molar refractivity (Wildman–Crippen MR) is 68.5 cm³/mol. The van der Waals surface area contributed by atoms with Crippen LogP contribution in [-0.2, 0) is 4.79 Å². The Morgan fingerprint density at radius 3 is 2.23 bits per heavy atom.